The lowest BCUT2D eigenvalue weighted by Crippen LogP contribution is -2.62. The van der Waals surface area contributed by atoms with Gasteiger partial charge in [-0.3, -0.25) is 14.4 Å². The van der Waals surface area contributed by atoms with E-state index in [1.54, 1.807) is 36.5 Å². The van der Waals surface area contributed by atoms with Crippen LogP contribution in [0.25, 0.3) is 11.4 Å². The second-order valence-corrected chi connectivity index (χ2v) is 7.87. The van der Waals surface area contributed by atoms with Gasteiger partial charge in [0.25, 0.3) is 0 Å². The van der Waals surface area contributed by atoms with E-state index in [0.29, 0.717) is 22.8 Å². The summed E-state index contributed by atoms with van der Waals surface area (Å²) >= 11 is 0. The highest BCUT2D eigenvalue weighted by molar-refractivity contribution is 5.68. The summed E-state index contributed by atoms with van der Waals surface area (Å²) in [5.74, 6) is -1.08. The molecular weight excluding hydrogens is 476 g/mol. The molecule has 1 N–H and O–H groups in total. The van der Waals surface area contributed by atoms with Gasteiger partial charge in [0.1, 0.15) is 18.5 Å². The Morgan fingerprint density at radius 1 is 0.917 bits per heavy atom. The summed E-state index contributed by atoms with van der Waals surface area (Å²) in [6.45, 7) is 3.25. The van der Waals surface area contributed by atoms with E-state index in [0.717, 1.165) is 0 Å². The molecule has 0 bridgehead atoms. The molecule has 0 spiro atoms. The number of ether oxygens (including phenoxy) is 6. The predicted molar refractivity (Wildman–Crippen MR) is 121 cm³/mol. The average molecular weight is 504 g/mol. The maximum absolute atomic E-state index is 11.8. The Bertz CT molecular complexity index is 1060. The van der Waals surface area contributed by atoms with E-state index < -0.39 is 48.6 Å². The fraction of sp³-hybridized carbons (Fsp3) is 0.458. The highest BCUT2D eigenvalue weighted by atomic mass is 16.7. The Morgan fingerprint density at radius 2 is 1.53 bits per heavy atom. The minimum atomic E-state index is -1.19. The van der Waals surface area contributed by atoms with E-state index in [4.69, 9.17) is 28.4 Å². The van der Waals surface area contributed by atoms with Gasteiger partial charge in [-0.05, 0) is 30.3 Å². The first-order valence-electron chi connectivity index (χ1n) is 11.1. The minimum absolute atomic E-state index is 0.113. The predicted octanol–water partition coefficient (Wildman–Crippen LogP) is 1.18. The number of carbonyl (C=O) groups is 3. The summed E-state index contributed by atoms with van der Waals surface area (Å²) in [7, 11) is 1.34. The van der Waals surface area contributed by atoms with Gasteiger partial charge >= 0.3 is 17.9 Å². The van der Waals surface area contributed by atoms with Crippen LogP contribution in [0.4, 0.5) is 0 Å². The van der Waals surface area contributed by atoms with Gasteiger partial charge in [0.15, 0.2) is 30.4 Å². The number of benzene rings is 1. The van der Waals surface area contributed by atoms with Crippen molar-refractivity contribution in [1.82, 2.24) is 9.97 Å². The SMILES string of the molecule is CO[C@H]1O[C@H](COc2ccc(-c3nccc(CO)n3)cc2)[C@@H](OC(C)=O)[C@H](OC(C)=O)[C@@H]1OC(C)=O. The van der Waals surface area contributed by atoms with Crippen LogP contribution in [0, 0.1) is 0 Å². The molecule has 12 heteroatoms. The zero-order chi connectivity index (χ0) is 26.2. The number of rotatable bonds is 9. The number of methoxy groups -OCH3 is 1. The zero-order valence-corrected chi connectivity index (χ0v) is 20.3. The molecule has 1 saturated heterocycles. The first-order valence-corrected chi connectivity index (χ1v) is 11.1. The Morgan fingerprint density at radius 3 is 2.11 bits per heavy atom. The molecular formula is C24H28N2O10. The standard InChI is InChI=1S/C24H28N2O10/c1-13(28)33-20-19(36-24(31-4)22(35-15(3)30)21(20)34-14(2)29)12-32-18-7-5-16(6-8-18)23-25-10-9-17(11-27)26-23/h5-10,19-22,24,27H,11-12H2,1-4H3/t19-,20-,21+,22+,24+/m1/s1. The number of aromatic nitrogens is 2. The zero-order valence-electron chi connectivity index (χ0n) is 20.3. The van der Waals surface area contributed by atoms with E-state index in [9.17, 15) is 19.5 Å². The van der Waals surface area contributed by atoms with Crippen LogP contribution < -0.4 is 4.74 Å². The fourth-order valence-corrected chi connectivity index (χ4v) is 3.68. The molecule has 0 amide bonds. The Balaban J connectivity index is 1.79. The minimum Gasteiger partial charge on any atom is -0.491 e. The molecule has 3 rings (SSSR count). The molecule has 0 unspecified atom stereocenters. The number of carbonyl (C=O) groups excluding carboxylic acids is 3. The summed E-state index contributed by atoms with van der Waals surface area (Å²) in [6.07, 6.45) is -4.00. The molecule has 1 fully saturated rings. The lowest BCUT2D eigenvalue weighted by Gasteiger charge is -2.43. The first kappa shape index (κ1) is 27.0. The summed E-state index contributed by atoms with van der Waals surface area (Å²) in [4.78, 5) is 43.8. The van der Waals surface area contributed by atoms with Crippen LogP contribution in [0.1, 0.15) is 26.5 Å². The second kappa shape index (κ2) is 12.4. The van der Waals surface area contributed by atoms with Crippen molar-refractivity contribution in [2.24, 2.45) is 0 Å². The summed E-state index contributed by atoms with van der Waals surface area (Å²) in [5, 5.41) is 9.27. The molecule has 0 aliphatic carbocycles. The van der Waals surface area contributed by atoms with Crippen LogP contribution in [-0.4, -0.2) is 77.4 Å². The van der Waals surface area contributed by atoms with E-state index >= 15 is 0 Å². The highest BCUT2D eigenvalue weighted by Crippen LogP contribution is 2.30. The molecule has 1 aromatic heterocycles. The molecule has 1 aliphatic rings. The Hall–Kier alpha value is -3.61. The van der Waals surface area contributed by atoms with Gasteiger partial charge in [-0.25, -0.2) is 9.97 Å². The molecule has 36 heavy (non-hydrogen) atoms. The van der Waals surface area contributed by atoms with Crippen molar-refractivity contribution < 1.29 is 47.9 Å². The van der Waals surface area contributed by atoms with Crippen LogP contribution in [0.2, 0.25) is 0 Å². The van der Waals surface area contributed by atoms with E-state index in [1.807, 2.05) is 0 Å². The molecule has 0 radical (unpaired) electrons. The monoisotopic (exact) mass is 504 g/mol. The van der Waals surface area contributed by atoms with Crippen LogP contribution in [-0.2, 0) is 44.7 Å². The van der Waals surface area contributed by atoms with E-state index in [2.05, 4.69) is 9.97 Å². The van der Waals surface area contributed by atoms with Crippen molar-refractivity contribution in [3.8, 4) is 17.1 Å². The molecule has 12 nitrogen and oxygen atoms in total. The highest BCUT2D eigenvalue weighted by Gasteiger charge is 2.52. The normalized spacial score (nSPS) is 23.4. The molecule has 1 aromatic carbocycles. The van der Waals surface area contributed by atoms with Crippen molar-refractivity contribution >= 4 is 17.9 Å². The van der Waals surface area contributed by atoms with Crippen LogP contribution in [0.5, 0.6) is 5.75 Å². The Labute approximate surface area is 207 Å². The number of nitrogens with zero attached hydrogens (tertiary/aromatic N) is 2. The third-order valence-corrected chi connectivity index (χ3v) is 5.13. The number of esters is 3. The van der Waals surface area contributed by atoms with Gasteiger partial charge in [0.05, 0.1) is 12.3 Å². The molecule has 1 aliphatic heterocycles. The van der Waals surface area contributed by atoms with Gasteiger partial charge in [0, 0.05) is 39.6 Å². The number of hydrogen-bond donors (Lipinski definition) is 1. The average Bonchev–Trinajstić information content (AvgIpc) is 2.85. The third kappa shape index (κ3) is 6.97. The molecule has 0 saturated carbocycles. The van der Waals surface area contributed by atoms with Gasteiger partial charge < -0.3 is 33.5 Å². The van der Waals surface area contributed by atoms with Gasteiger partial charge in [0.2, 0.25) is 0 Å². The maximum Gasteiger partial charge on any atom is 0.303 e. The number of aliphatic hydroxyl groups excluding tert-OH is 1. The largest absolute Gasteiger partial charge is 0.491 e. The summed E-state index contributed by atoms with van der Waals surface area (Å²) in [6, 6.07) is 8.48. The van der Waals surface area contributed by atoms with Crippen molar-refractivity contribution in [3.63, 3.8) is 0 Å². The molecule has 5 atom stereocenters. The van der Waals surface area contributed by atoms with Gasteiger partial charge in [-0.2, -0.15) is 0 Å². The molecule has 194 valence electrons. The number of aliphatic hydroxyl groups is 1. The summed E-state index contributed by atoms with van der Waals surface area (Å²) < 4.78 is 33.1. The Kier molecular flexibility index (Phi) is 9.28. The van der Waals surface area contributed by atoms with E-state index in [-0.39, 0.29) is 13.2 Å². The van der Waals surface area contributed by atoms with Crippen LogP contribution >= 0.6 is 0 Å². The van der Waals surface area contributed by atoms with Crippen molar-refractivity contribution in [2.75, 3.05) is 13.7 Å². The molecule has 2 aromatic rings. The lowest BCUT2D eigenvalue weighted by molar-refractivity contribution is -0.301. The summed E-state index contributed by atoms with van der Waals surface area (Å²) in [5.41, 5.74) is 1.20. The topological polar surface area (TPSA) is 153 Å². The third-order valence-electron chi connectivity index (χ3n) is 5.13. The maximum atomic E-state index is 11.8. The number of hydrogen-bond acceptors (Lipinski definition) is 12. The van der Waals surface area contributed by atoms with Gasteiger partial charge in [-0.15, -0.1) is 0 Å². The first-order chi connectivity index (χ1) is 17.2. The lowest BCUT2D eigenvalue weighted by atomic mass is 9.98. The van der Waals surface area contributed by atoms with Crippen molar-refractivity contribution in [3.05, 3.63) is 42.2 Å². The van der Waals surface area contributed by atoms with Crippen LogP contribution in [0.15, 0.2) is 36.5 Å². The van der Waals surface area contributed by atoms with Crippen LogP contribution in [0.3, 0.4) is 0 Å². The second-order valence-electron chi connectivity index (χ2n) is 7.87. The molecule has 2 heterocycles. The van der Waals surface area contributed by atoms with Crippen molar-refractivity contribution in [2.45, 2.75) is 58.1 Å². The van der Waals surface area contributed by atoms with Gasteiger partial charge in [-0.1, -0.05) is 0 Å². The van der Waals surface area contributed by atoms with Crippen molar-refractivity contribution in [1.29, 1.82) is 0 Å². The smallest absolute Gasteiger partial charge is 0.303 e. The quantitative estimate of drug-likeness (QED) is 0.385. The van der Waals surface area contributed by atoms with E-state index in [1.165, 1.54) is 27.9 Å². The fourth-order valence-electron chi connectivity index (χ4n) is 3.68.